The molecule has 1 aromatic rings. The van der Waals surface area contributed by atoms with Gasteiger partial charge in [-0.15, -0.1) is 0 Å². The number of nitrogens with one attached hydrogen (secondary N) is 1. The van der Waals surface area contributed by atoms with Crippen molar-refractivity contribution in [1.82, 2.24) is 5.32 Å². The van der Waals surface area contributed by atoms with Crippen molar-refractivity contribution in [1.29, 1.82) is 0 Å². The van der Waals surface area contributed by atoms with E-state index >= 15 is 0 Å². The molecule has 0 heterocycles. The maximum absolute atomic E-state index is 14.2. The standard InChI is InChI=1S/C17H29FN2/c1-6-11-19-14(4)17-15(18)9-8-10-16(17)20(5)12-13(3)7-2/h8-10,13-14,19H,6-7,11-12H2,1-5H3. The van der Waals surface area contributed by atoms with Crippen LogP contribution in [0.3, 0.4) is 0 Å². The Labute approximate surface area is 123 Å². The van der Waals surface area contributed by atoms with Gasteiger partial charge in [-0.25, -0.2) is 4.39 Å². The Kier molecular flexibility index (Phi) is 7.00. The molecule has 0 fully saturated rings. The van der Waals surface area contributed by atoms with E-state index in [0.29, 0.717) is 5.92 Å². The molecule has 2 unspecified atom stereocenters. The maximum Gasteiger partial charge on any atom is 0.130 e. The Morgan fingerprint density at radius 3 is 2.55 bits per heavy atom. The Morgan fingerprint density at radius 1 is 1.25 bits per heavy atom. The summed E-state index contributed by atoms with van der Waals surface area (Å²) in [5.41, 5.74) is 1.79. The topological polar surface area (TPSA) is 15.3 Å². The minimum absolute atomic E-state index is 0.0329. The Morgan fingerprint density at radius 2 is 1.95 bits per heavy atom. The molecule has 2 atom stereocenters. The van der Waals surface area contributed by atoms with E-state index in [1.54, 1.807) is 12.1 Å². The number of halogens is 1. The molecule has 20 heavy (non-hydrogen) atoms. The third-order valence-corrected chi connectivity index (χ3v) is 3.86. The zero-order valence-electron chi connectivity index (χ0n) is 13.5. The molecule has 0 bridgehead atoms. The second-order valence-electron chi connectivity index (χ2n) is 5.74. The van der Waals surface area contributed by atoms with Crippen LogP contribution in [0.1, 0.15) is 52.1 Å². The second kappa shape index (κ2) is 8.25. The first kappa shape index (κ1) is 17.0. The normalized spacial score (nSPS) is 14.1. The highest BCUT2D eigenvalue weighted by Crippen LogP contribution is 2.29. The van der Waals surface area contributed by atoms with E-state index in [2.05, 4.69) is 38.0 Å². The summed E-state index contributed by atoms with van der Waals surface area (Å²) in [5.74, 6) is 0.490. The van der Waals surface area contributed by atoms with Gasteiger partial charge in [-0.2, -0.15) is 0 Å². The zero-order chi connectivity index (χ0) is 15.1. The molecule has 114 valence electrons. The zero-order valence-corrected chi connectivity index (χ0v) is 13.5. The number of hydrogen-bond acceptors (Lipinski definition) is 2. The summed E-state index contributed by atoms with van der Waals surface area (Å²) in [6.45, 7) is 10.4. The van der Waals surface area contributed by atoms with Crippen molar-refractivity contribution in [2.75, 3.05) is 25.0 Å². The molecule has 0 saturated heterocycles. The fourth-order valence-electron chi connectivity index (χ4n) is 2.45. The van der Waals surface area contributed by atoms with Gasteiger partial charge in [0, 0.05) is 30.9 Å². The second-order valence-corrected chi connectivity index (χ2v) is 5.74. The molecule has 1 rings (SSSR count). The van der Waals surface area contributed by atoms with Crippen LogP contribution in [0.2, 0.25) is 0 Å². The summed E-state index contributed by atoms with van der Waals surface area (Å²) in [6, 6.07) is 5.41. The van der Waals surface area contributed by atoms with Crippen molar-refractivity contribution >= 4 is 5.69 Å². The molecule has 0 aliphatic heterocycles. The summed E-state index contributed by atoms with van der Waals surface area (Å²) in [5, 5.41) is 3.39. The van der Waals surface area contributed by atoms with Gasteiger partial charge in [0.15, 0.2) is 0 Å². The van der Waals surface area contributed by atoms with Gasteiger partial charge < -0.3 is 10.2 Å². The minimum Gasteiger partial charge on any atom is -0.374 e. The SMILES string of the molecule is CCCNC(C)c1c(F)cccc1N(C)CC(C)CC. The lowest BCUT2D eigenvalue weighted by molar-refractivity contribution is 0.520. The largest absolute Gasteiger partial charge is 0.374 e. The first-order valence-electron chi connectivity index (χ1n) is 7.74. The first-order valence-corrected chi connectivity index (χ1v) is 7.74. The Hall–Kier alpha value is -1.09. The number of rotatable bonds is 8. The first-order chi connectivity index (χ1) is 9.51. The van der Waals surface area contributed by atoms with Crippen LogP contribution in [-0.2, 0) is 0 Å². The molecular formula is C17H29FN2. The van der Waals surface area contributed by atoms with E-state index < -0.39 is 0 Å². The van der Waals surface area contributed by atoms with E-state index in [4.69, 9.17) is 0 Å². The van der Waals surface area contributed by atoms with Gasteiger partial charge in [0.05, 0.1) is 0 Å². The lowest BCUT2D eigenvalue weighted by Crippen LogP contribution is -2.28. The monoisotopic (exact) mass is 280 g/mol. The predicted octanol–water partition coefficient (Wildman–Crippen LogP) is 4.37. The van der Waals surface area contributed by atoms with Crippen molar-refractivity contribution in [3.8, 4) is 0 Å². The van der Waals surface area contributed by atoms with E-state index in [9.17, 15) is 4.39 Å². The fraction of sp³-hybridized carbons (Fsp3) is 0.647. The Balaban J connectivity index is 2.97. The lowest BCUT2D eigenvalue weighted by Gasteiger charge is -2.28. The van der Waals surface area contributed by atoms with Crippen LogP contribution in [0.15, 0.2) is 18.2 Å². The van der Waals surface area contributed by atoms with Crippen molar-refractivity contribution in [3.05, 3.63) is 29.6 Å². The summed E-state index contributed by atoms with van der Waals surface area (Å²) in [7, 11) is 2.05. The summed E-state index contributed by atoms with van der Waals surface area (Å²) in [6.07, 6.45) is 2.19. The molecular weight excluding hydrogens is 251 g/mol. The highest BCUT2D eigenvalue weighted by molar-refractivity contribution is 5.55. The average Bonchev–Trinajstić information content (AvgIpc) is 2.44. The molecule has 3 heteroatoms. The highest BCUT2D eigenvalue weighted by Gasteiger charge is 2.18. The van der Waals surface area contributed by atoms with Crippen LogP contribution in [0.5, 0.6) is 0 Å². The van der Waals surface area contributed by atoms with Gasteiger partial charge >= 0.3 is 0 Å². The third-order valence-electron chi connectivity index (χ3n) is 3.86. The van der Waals surface area contributed by atoms with Crippen molar-refractivity contribution in [2.45, 2.75) is 46.6 Å². The molecule has 2 nitrogen and oxygen atoms in total. The van der Waals surface area contributed by atoms with Crippen LogP contribution in [0.25, 0.3) is 0 Å². The minimum atomic E-state index is -0.116. The highest BCUT2D eigenvalue weighted by atomic mass is 19.1. The van der Waals surface area contributed by atoms with Gasteiger partial charge in [0.2, 0.25) is 0 Å². The van der Waals surface area contributed by atoms with Crippen molar-refractivity contribution in [2.24, 2.45) is 5.92 Å². The number of benzene rings is 1. The van der Waals surface area contributed by atoms with Gasteiger partial charge in [-0.3, -0.25) is 0 Å². The molecule has 0 aliphatic carbocycles. The van der Waals surface area contributed by atoms with Crippen LogP contribution >= 0.6 is 0 Å². The number of hydrogen-bond donors (Lipinski definition) is 1. The number of nitrogens with zero attached hydrogens (tertiary/aromatic N) is 1. The summed E-state index contributed by atoms with van der Waals surface area (Å²) in [4.78, 5) is 2.18. The van der Waals surface area contributed by atoms with E-state index in [0.717, 1.165) is 37.2 Å². The fourth-order valence-corrected chi connectivity index (χ4v) is 2.45. The van der Waals surface area contributed by atoms with Crippen LogP contribution < -0.4 is 10.2 Å². The quantitative estimate of drug-likeness (QED) is 0.760. The molecule has 0 radical (unpaired) electrons. The van der Waals surface area contributed by atoms with Gasteiger partial charge in [0.1, 0.15) is 5.82 Å². The molecule has 0 saturated carbocycles. The van der Waals surface area contributed by atoms with Crippen molar-refractivity contribution in [3.63, 3.8) is 0 Å². The van der Waals surface area contributed by atoms with Crippen LogP contribution in [0, 0.1) is 11.7 Å². The Bertz CT molecular complexity index is 406. The maximum atomic E-state index is 14.2. The number of anilines is 1. The van der Waals surface area contributed by atoms with Gasteiger partial charge in [-0.05, 0) is 37.9 Å². The molecule has 0 aliphatic rings. The summed E-state index contributed by atoms with van der Waals surface area (Å²) >= 11 is 0. The molecule has 1 N–H and O–H groups in total. The van der Waals surface area contributed by atoms with Crippen molar-refractivity contribution < 1.29 is 4.39 Å². The van der Waals surface area contributed by atoms with Gasteiger partial charge in [-0.1, -0.05) is 33.3 Å². The third kappa shape index (κ3) is 4.48. The lowest BCUT2D eigenvalue weighted by atomic mass is 10.0. The molecule has 0 spiro atoms. The van der Waals surface area contributed by atoms with Crippen LogP contribution in [-0.4, -0.2) is 20.1 Å². The molecule has 0 aromatic heterocycles. The molecule has 0 amide bonds. The van der Waals surface area contributed by atoms with Crippen LogP contribution in [0.4, 0.5) is 10.1 Å². The van der Waals surface area contributed by atoms with E-state index in [-0.39, 0.29) is 11.9 Å². The van der Waals surface area contributed by atoms with E-state index in [1.165, 1.54) is 0 Å². The average molecular weight is 280 g/mol. The van der Waals surface area contributed by atoms with Gasteiger partial charge in [0.25, 0.3) is 0 Å². The predicted molar refractivity (Wildman–Crippen MR) is 85.8 cm³/mol. The van der Waals surface area contributed by atoms with E-state index in [1.807, 2.05) is 13.0 Å². The smallest absolute Gasteiger partial charge is 0.130 e. The molecule has 1 aromatic carbocycles. The summed E-state index contributed by atoms with van der Waals surface area (Å²) < 4.78 is 14.2.